The van der Waals surface area contributed by atoms with Crippen LogP contribution in [-0.2, 0) is 6.18 Å². The number of pyridine rings is 1. The number of hydrogen-bond donors (Lipinski definition) is 1. The molecule has 2 nitrogen and oxygen atoms in total. The molecule has 19 heavy (non-hydrogen) atoms. The molecule has 1 aromatic carbocycles. The van der Waals surface area contributed by atoms with Crippen LogP contribution in [0.3, 0.4) is 0 Å². The van der Waals surface area contributed by atoms with Crippen LogP contribution < -0.4 is 5.73 Å². The number of halogens is 4. The highest BCUT2D eigenvalue weighted by atomic mass is 19.4. The Morgan fingerprint density at radius 3 is 2.26 bits per heavy atom. The van der Waals surface area contributed by atoms with E-state index in [2.05, 4.69) is 4.98 Å². The smallest absolute Gasteiger partial charge is 0.319 e. The maximum Gasteiger partial charge on any atom is 0.418 e. The van der Waals surface area contributed by atoms with Gasteiger partial charge in [-0.2, -0.15) is 13.2 Å². The van der Waals surface area contributed by atoms with Crippen molar-refractivity contribution < 1.29 is 17.6 Å². The molecule has 6 heteroatoms. The van der Waals surface area contributed by atoms with Crippen molar-refractivity contribution in [1.82, 2.24) is 4.98 Å². The second kappa shape index (κ2) is 4.97. The topological polar surface area (TPSA) is 38.9 Å². The number of benzene rings is 1. The van der Waals surface area contributed by atoms with Gasteiger partial charge in [-0.15, -0.1) is 0 Å². The fourth-order valence-electron chi connectivity index (χ4n) is 1.73. The van der Waals surface area contributed by atoms with Crippen molar-refractivity contribution in [2.75, 3.05) is 0 Å². The molecule has 0 aliphatic heterocycles. The summed E-state index contributed by atoms with van der Waals surface area (Å²) in [5.74, 6) is -0.479. The van der Waals surface area contributed by atoms with Crippen molar-refractivity contribution >= 4 is 0 Å². The van der Waals surface area contributed by atoms with E-state index in [1.807, 2.05) is 0 Å². The van der Waals surface area contributed by atoms with E-state index in [1.54, 1.807) is 0 Å². The van der Waals surface area contributed by atoms with Gasteiger partial charge in [-0.05, 0) is 29.8 Å². The highest BCUT2D eigenvalue weighted by Gasteiger charge is 2.35. The molecule has 2 rings (SSSR count). The van der Waals surface area contributed by atoms with Gasteiger partial charge >= 0.3 is 6.18 Å². The molecular formula is C13H10F4N2. The third kappa shape index (κ3) is 2.90. The van der Waals surface area contributed by atoms with E-state index in [0.717, 1.165) is 18.2 Å². The molecule has 2 N–H and O–H groups in total. The number of nitrogens with two attached hydrogens (primary N) is 1. The number of nitrogens with zero attached hydrogens (tertiary/aromatic N) is 1. The normalized spacial score (nSPS) is 13.3. The van der Waals surface area contributed by atoms with Crippen LogP contribution >= 0.6 is 0 Å². The molecule has 0 bridgehead atoms. The largest absolute Gasteiger partial charge is 0.418 e. The zero-order valence-electron chi connectivity index (χ0n) is 9.66. The Bertz CT molecular complexity index is 564. The van der Waals surface area contributed by atoms with Gasteiger partial charge in [0.1, 0.15) is 5.82 Å². The molecule has 1 heterocycles. The van der Waals surface area contributed by atoms with Crippen LogP contribution in [0.15, 0.2) is 42.6 Å². The van der Waals surface area contributed by atoms with Crippen molar-refractivity contribution in [3.8, 4) is 0 Å². The third-order valence-electron chi connectivity index (χ3n) is 2.67. The quantitative estimate of drug-likeness (QED) is 0.850. The summed E-state index contributed by atoms with van der Waals surface area (Å²) < 4.78 is 51.3. The SMILES string of the molecule is N[C@@H](c1ccc(F)cc1)c1ncccc1C(F)(F)F. The standard InChI is InChI=1S/C13H10F4N2/c14-9-5-3-8(4-6-9)11(18)12-10(13(15,16)17)2-1-7-19-12/h1-7,11H,18H2/t11-/m0/s1. The van der Waals surface area contributed by atoms with Crippen LogP contribution in [0, 0.1) is 5.82 Å². The van der Waals surface area contributed by atoms with Crippen molar-refractivity contribution in [1.29, 1.82) is 0 Å². The van der Waals surface area contributed by atoms with E-state index in [1.165, 1.54) is 24.4 Å². The van der Waals surface area contributed by atoms with Gasteiger partial charge in [0.05, 0.1) is 17.3 Å². The summed E-state index contributed by atoms with van der Waals surface area (Å²) in [6, 6.07) is 6.04. The van der Waals surface area contributed by atoms with Crippen LogP contribution in [0.25, 0.3) is 0 Å². The summed E-state index contributed by atoms with van der Waals surface area (Å²) in [7, 11) is 0. The molecule has 0 aliphatic rings. The lowest BCUT2D eigenvalue weighted by Gasteiger charge is -2.17. The first kappa shape index (κ1) is 13.5. The van der Waals surface area contributed by atoms with Crippen molar-refractivity contribution in [2.45, 2.75) is 12.2 Å². The van der Waals surface area contributed by atoms with Crippen molar-refractivity contribution in [3.63, 3.8) is 0 Å². The van der Waals surface area contributed by atoms with Gasteiger partial charge in [-0.3, -0.25) is 4.98 Å². The summed E-state index contributed by atoms with van der Waals surface area (Å²) in [5, 5.41) is 0. The lowest BCUT2D eigenvalue weighted by Crippen LogP contribution is -2.20. The summed E-state index contributed by atoms with van der Waals surface area (Å²) >= 11 is 0. The molecule has 1 atom stereocenters. The van der Waals surface area contributed by atoms with E-state index in [4.69, 9.17) is 5.73 Å². The Hall–Kier alpha value is -1.95. The summed E-state index contributed by atoms with van der Waals surface area (Å²) in [6.07, 6.45) is -3.28. The Morgan fingerprint density at radius 2 is 1.68 bits per heavy atom. The minimum absolute atomic E-state index is 0.276. The lowest BCUT2D eigenvalue weighted by molar-refractivity contribution is -0.138. The zero-order chi connectivity index (χ0) is 14.0. The molecule has 0 saturated heterocycles. The maximum absolute atomic E-state index is 12.8. The van der Waals surface area contributed by atoms with Crippen LogP contribution in [0.4, 0.5) is 17.6 Å². The van der Waals surface area contributed by atoms with Gasteiger partial charge in [0.15, 0.2) is 0 Å². The van der Waals surface area contributed by atoms with Gasteiger partial charge in [0.2, 0.25) is 0 Å². The second-order valence-corrected chi connectivity index (χ2v) is 3.96. The fourth-order valence-corrected chi connectivity index (χ4v) is 1.73. The predicted molar refractivity (Wildman–Crippen MR) is 61.7 cm³/mol. The Morgan fingerprint density at radius 1 is 1.05 bits per heavy atom. The van der Waals surface area contributed by atoms with Crippen molar-refractivity contribution in [3.05, 3.63) is 65.2 Å². The van der Waals surface area contributed by atoms with E-state index >= 15 is 0 Å². The summed E-state index contributed by atoms with van der Waals surface area (Å²) in [4.78, 5) is 3.71. The second-order valence-electron chi connectivity index (χ2n) is 3.96. The molecule has 0 amide bonds. The van der Waals surface area contributed by atoms with E-state index in [9.17, 15) is 17.6 Å². The molecular weight excluding hydrogens is 260 g/mol. The third-order valence-corrected chi connectivity index (χ3v) is 2.67. The molecule has 0 aliphatic carbocycles. The molecule has 0 spiro atoms. The van der Waals surface area contributed by atoms with Gasteiger partial charge < -0.3 is 5.73 Å². The van der Waals surface area contributed by atoms with Crippen LogP contribution in [0.5, 0.6) is 0 Å². The Labute approximate surface area is 106 Å². The molecule has 0 fully saturated rings. The van der Waals surface area contributed by atoms with Gasteiger partial charge in [0.25, 0.3) is 0 Å². The molecule has 0 saturated carbocycles. The van der Waals surface area contributed by atoms with E-state index in [0.29, 0.717) is 5.56 Å². The Kier molecular flexibility index (Phi) is 3.53. The van der Waals surface area contributed by atoms with Gasteiger partial charge in [-0.25, -0.2) is 4.39 Å². The van der Waals surface area contributed by atoms with Crippen molar-refractivity contribution in [2.24, 2.45) is 5.73 Å². The van der Waals surface area contributed by atoms with Crippen LogP contribution in [0.1, 0.15) is 22.9 Å². The van der Waals surface area contributed by atoms with Gasteiger partial charge in [0, 0.05) is 6.20 Å². The molecule has 0 radical (unpaired) electrons. The maximum atomic E-state index is 12.8. The number of aromatic nitrogens is 1. The molecule has 2 aromatic rings. The first-order chi connectivity index (χ1) is 8.89. The number of alkyl halides is 3. The lowest BCUT2D eigenvalue weighted by atomic mass is 10.00. The highest BCUT2D eigenvalue weighted by molar-refractivity contribution is 5.33. The average molecular weight is 270 g/mol. The number of hydrogen-bond acceptors (Lipinski definition) is 2. The first-order valence-electron chi connectivity index (χ1n) is 5.43. The van der Waals surface area contributed by atoms with Crippen LogP contribution in [-0.4, -0.2) is 4.98 Å². The minimum atomic E-state index is -4.53. The molecule has 100 valence electrons. The average Bonchev–Trinajstić information content (AvgIpc) is 2.38. The highest BCUT2D eigenvalue weighted by Crippen LogP contribution is 2.34. The fraction of sp³-hybridized carbons (Fsp3) is 0.154. The predicted octanol–water partition coefficient (Wildman–Crippen LogP) is 3.29. The van der Waals surface area contributed by atoms with Gasteiger partial charge in [-0.1, -0.05) is 12.1 Å². The number of rotatable bonds is 2. The first-order valence-corrected chi connectivity index (χ1v) is 5.43. The van der Waals surface area contributed by atoms with Crippen LogP contribution in [0.2, 0.25) is 0 Å². The minimum Gasteiger partial charge on any atom is -0.319 e. The van der Waals surface area contributed by atoms with E-state index in [-0.39, 0.29) is 5.69 Å². The molecule has 0 unspecified atom stereocenters. The summed E-state index contributed by atoms with van der Waals surface area (Å²) in [5.41, 5.74) is 4.99. The summed E-state index contributed by atoms with van der Waals surface area (Å²) in [6.45, 7) is 0. The molecule has 1 aromatic heterocycles. The van der Waals surface area contributed by atoms with E-state index < -0.39 is 23.6 Å². The Balaban J connectivity index is 2.44. The monoisotopic (exact) mass is 270 g/mol. The zero-order valence-corrected chi connectivity index (χ0v) is 9.66.